The molecule has 0 atom stereocenters. The molecule has 3 N–H and O–H groups in total. The van der Waals surface area contributed by atoms with Gasteiger partial charge in [-0.1, -0.05) is 0 Å². The van der Waals surface area contributed by atoms with Gasteiger partial charge in [0.2, 0.25) is 0 Å². The molecule has 0 spiro atoms. The normalized spacial score (nSPS) is 10.1. The van der Waals surface area contributed by atoms with Gasteiger partial charge < -0.3 is 15.2 Å². The van der Waals surface area contributed by atoms with E-state index in [1.54, 1.807) is 18.2 Å². The van der Waals surface area contributed by atoms with Crippen LogP contribution in [0.5, 0.6) is 11.5 Å². The van der Waals surface area contributed by atoms with E-state index in [1.165, 1.54) is 20.4 Å². The minimum atomic E-state index is -1.10. The van der Waals surface area contributed by atoms with Crippen LogP contribution in [-0.4, -0.2) is 32.2 Å². The van der Waals surface area contributed by atoms with Gasteiger partial charge in [0.25, 0.3) is 0 Å². The molecule has 0 saturated carbocycles. The van der Waals surface area contributed by atoms with Gasteiger partial charge in [-0.2, -0.15) is 5.10 Å². The Morgan fingerprint density at radius 2 is 2.06 bits per heavy atom. The highest BCUT2D eigenvalue weighted by atomic mass is 16.5. The molecule has 0 fully saturated rings. The third kappa shape index (κ3) is 3.48. The van der Waals surface area contributed by atoms with E-state index in [9.17, 15) is 9.59 Å². The molecule has 2 amide bonds. The van der Waals surface area contributed by atoms with Crippen LogP contribution in [0.2, 0.25) is 0 Å². The van der Waals surface area contributed by atoms with Crippen molar-refractivity contribution < 1.29 is 19.1 Å². The van der Waals surface area contributed by atoms with Crippen LogP contribution in [-0.2, 0) is 9.59 Å². The minimum absolute atomic E-state index is 0.520. The second-order valence-corrected chi connectivity index (χ2v) is 3.17. The molecule has 96 valence electrons. The van der Waals surface area contributed by atoms with Crippen LogP contribution in [0.3, 0.4) is 0 Å². The maximum Gasteiger partial charge on any atom is 0.329 e. The van der Waals surface area contributed by atoms with Crippen molar-refractivity contribution in [2.24, 2.45) is 10.8 Å². The van der Waals surface area contributed by atoms with Gasteiger partial charge >= 0.3 is 11.8 Å². The Morgan fingerprint density at radius 1 is 1.33 bits per heavy atom. The number of hydrazone groups is 1. The van der Waals surface area contributed by atoms with Gasteiger partial charge in [0.05, 0.1) is 20.4 Å². The van der Waals surface area contributed by atoms with Crippen molar-refractivity contribution in [3.63, 3.8) is 0 Å². The molecule has 7 nitrogen and oxygen atoms in total. The quantitative estimate of drug-likeness (QED) is 0.433. The molecule has 0 aliphatic carbocycles. The lowest BCUT2D eigenvalue weighted by Gasteiger charge is -2.06. The van der Waals surface area contributed by atoms with E-state index in [-0.39, 0.29) is 0 Å². The molecule has 0 unspecified atom stereocenters. The number of carbonyl (C=O) groups excluding carboxylic acids is 2. The fourth-order valence-electron chi connectivity index (χ4n) is 1.14. The average molecular weight is 251 g/mol. The molecule has 1 aromatic rings. The SMILES string of the molecule is COc1ccc(/C=N\NC(=O)C(N)=O)c(OC)c1. The summed E-state index contributed by atoms with van der Waals surface area (Å²) in [5.74, 6) is -0.941. The van der Waals surface area contributed by atoms with Crippen LogP contribution in [0.15, 0.2) is 23.3 Å². The average Bonchev–Trinajstić information content (AvgIpc) is 2.38. The number of hydrogen-bond donors (Lipinski definition) is 2. The second kappa shape index (κ2) is 6.24. The number of benzene rings is 1. The maximum absolute atomic E-state index is 10.8. The third-order valence-electron chi connectivity index (χ3n) is 2.03. The van der Waals surface area contributed by atoms with Gasteiger partial charge in [0.15, 0.2) is 0 Å². The first kappa shape index (κ1) is 13.5. The lowest BCUT2D eigenvalue weighted by molar-refractivity contribution is -0.137. The monoisotopic (exact) mass is 251 g/mol. The number of rotatable bonds is 4. The van der Waals surface area contributed by atoms with Crippen LogP contribution in [0.25, 0.3) is 0 Å². The Balaban J connectivity index is 2.81. The van der Waals surface area contributed by atoms with Crippen LogP contribution in [0.4, 0.5) is 0 Å². The Morgan fingerprint density at radius 3 is 2.61 bits per heavy atom. The third-order valence-corrected chi connectivity index (χ3v) is 2.03. The lowest BCUT2D eigenvalue weighted by Crippen LogP contribution is -2.32. The van der Waals surface area contributed by atoms with Crippen LogP contribution in [0.1, 0.15) is 5.56 Å². The minimum Gasteiger partial charge on any atom is -0.497 e. The Bertz CT molecular complexity index is 485. The molecule has 1 rings (SSSR count). The number of ether oxygens (including phenoxy) is 2. The van der Waals surface area contributed by atoms with Gasteiger partial charge in [-0.25, -0.2) is 5.43 Å². The molecule has 18 heavy (non-hydrogen) atoms. The van der Waals surface area contributed by atoms with Crippen LogP contribution < -0.4 is 20.6 Å². The van der Waals surface area contributed by atoms with E-state index >= 15 is 0 Å². The zero-order chi connectivity index (χ0) is 13.5. The Labute approximate surface area is 104 Å². The first-order valence-corrected chi connectivity index (χ1v) is 4.93. The summed E-state index contributed by atoms with van der Waals surface area (Å²) in [7, 11) is 3.03. The molecule has 0 radical (unpaired) electrons. The van der Waals surface area contributed by atoms with Crippen molar-refractivity contribution in [2.45, 2.75) is 0 Å². The zero-order valence-corrected chi connectivity index (χ0v) is 9.97. The fraction of sp³-hybridized carbons (Fsp3) is 0.182. The number of primary amides is 1. The van der Waals surface area contributed by atoms with Crippen molar-refractivity contribution in [3.8, 4) is 11.5 Å². The molecule has 0 bridgehead atoms. The summed E-state index contributed by atoms with van der Waals surface area (Å²) in [6.45, 7) is 0. The van der Waals surface area contributed by atoms with E-state index in [0.717, 1.165) is 0 Å². The van der Waals surface area contributed by atoms with Crippen molar-refractivity contribution in [3.05, 3.63) is 23.8 Å². The Kier molecular flexibility index (Phi) is 4.67. The number of carbonyl (C=O) groups is 2. The number of nitrogens with zero attached hydrogens (tertiary/aromatic N) is 1. The Hall–Kier alpha value is -2.57. The lowest BCUT2D eigenvalue weighted by atomic mass is 10.2. The van der Waals surface area contributed by atoms with Gasteiger partial charge in [-0.05, 0) is 12.1 Å². The molecule has 0 aromatic heterocycles. The van der Waals surface area contributed by atoms with Crippen LogP contribution >= 0.6 is 0 Å². The van der Waals surface area contributed by atoms with E-state index in [1.807, 2.05) is 5.43 Å². The molecule has 1 aromatic carbocycles. The smallest absolute Gasteiger partial charge is 0.329 e. The van der Waals surface area contributed by atoms with Crippen LogP contribution in [0, 0.1) is 0 Å². The molecular weight excluding hydrogens is 238 g/mol. The summed E-state index contributed by atoms with van der Waals surface area (Å²) in [5.41, 5.74) is 7.34. The molecule has 0 aliphatic heterocycles. The number of nitrogens with one attached hydrogen (secondary N) is 1. The summed E-state index contributed by atoms with van der Waals surface area (Å²) in [6.07, 6.45) is 1.33. The van der Waals surface area contributed by atoms with Crippen molar-refractivity contribution in [1.82, 2.24) is 5.43 Å². The highest BCUT2D eigenvalue weighted by Crippen LogP contribution is 2.22. The fourth-order valence-corrected chi connectivity index (χ4v) is 1.14. The van der Waals surface area contributed by atoms with E-state index in [4.69, 9.17) is 15.2 Å². The number of methoxy groups -OCH3 is 2. The topological polar surface area (TPSA) is 103 Å². The van der Waals surface area contributed by atoms with Crippen molar-refractivity contribution >= 4 is 18.0 Å². The predicted molar refractivity (Wildman–Crippen MR) is 64.5 cm³/mol. The number of nitrogens with two attached hydrogens (primary N) is 1. The highest BCUT2D eigenvalue weighted by Gasteiger charge is 2.06. The number of hydrogen-bond acceptors (Lipinski definition) is 5. The van der Waals surface area contributed by atoms with Gasteiger partial charge in [-0.3, -0.25) is 9.59 Å². The van der Waals surface area contributed by atoms with Gasteiger partial charge in [0, 0.05) is 11.6 Å². The summed E-state index contributed by atoms with van der Waals surface area (Å²) in [4.78, 5) is 21.3. The summed E-state index contributed by atoms with van der Waals surface area (Å²) in [5, 5.41) is 3.58. The standard InChI is InChI=1S/C11H13N3O4/c1-17-8-4-3-7(9(5-8)18-2)6-13-14-11(16)10(12)15/h3-6H,1-2H3,(H2,12,15)(H,14,16)/b13-6-. The van der Waals surface area contributed by atoms with Crippen molar-refractivity contribution in [1.29, 1.82) is 0 Å². The van der Waals surface area contributed by atoms with Gasteiger partial charge in [-0.15, -0.1) is 0 Å². The van der Waals surface area contributed by atoms with Gasteiger partial charge in [0.1, 0.15) is 11.5 Å². The summed E-state index contributed by atoms with van der Waals surface area (Å²) < 4.78 is 10.1. The zero-order valence-electron chi connectivity index (χ0n) is 9.97. The number of amides is 2. The summed E-state index contributed by atoms with van der Waals surface area (Å²) >= 11 is 0. The molecule has 0 aliphatic rings. The van der Waals surface area contributed by atoms with E-state index in [0.29, 0.717) is 17.1 Å². The summed E-state index contributed by atoms with van der Waals surface area (Å²) in [6, 6.07) is 5.06. The molecule has 7 heteroatoms. The van der Waals surface area contributed by atoms with E-state index < -0.39 is 11.8 Å². The molecule has 0 saturated heterocycles. The first-order valence-electron chi connectivity index (χ1n) is 4.93. The largest absolute Gasteiger partial charge is 0.497 e. The maximum atomic E-state index is 10.8. The highest BCUT2D eigenvalue weighted by molar-refractivity contribution is 6.34. The van der Waals surface area contributed by atoms with E-state index in [2.05, 4.69) is 5.10 Å². The predicted octanol–water partition coefficient (Wildman–Crippen LogP) is -0.361. The van der Waals surface area contributed by atoms with Crippen molar-refractivity contribution in [2.75, 3.05) is 14.2 Å². The molecular formula is C11H13N3O4. The first-order chi connectivity index (χ1) is 8.58. The second-order valence-electron chi connectivity index (χ2n) is 3.17. The molecule has 0 heterocycles.